The molecule has 2 rings (SSSR count). The third kappa shape index (κ3) is 4.33. The Hall–Kier alpha value is -0.840. The number of nitrogens with zero attached hydrogens (tertiary/aromatic N) is 3. The topological polar surface area (TPSA) is 45.4 Å². The Balaban J connectivity index is 0.00000200. The second kappa shape index (κ2) is 7.81. The van der Waals surface area contributed by atoms with Gasteiger partial charge in [-0.3, -0.25) is 4.90 Å². The van der Waals surface area contributed by atoms with Gasteiger partial charge in [-0.1, -0.05) is 6.07 Å². The van der Waals surface area contributed by atoms with E-state index in [4.69, 9.17) is 5.73 Å². The molecule has 1 aromatic rings. The third-order valence-electron chi connectivity index (χ3n) is 4.05. The molecule has 1 unspecified atom stereocenters. The molecule has 5 heteroatoms. The maximum Gasteiger partial charge on any atom is 0.128 e. The fourth-order valence-electron chi connectivity index (χ4n) is 2.49. The Labute approximate surface area is 128 Å². The highest BCUT2D eigenvalue weighted by Crippen LogP contribution is 2.18. The van der Waals surface area contributed by atoms with Crippen molar-refractivity contribution >= 4 is 18.2 Å². The summed E-state index contributed by atoms with van der Waals surface area (Å²) in [5.41, 5.74) is 7.02. The molecule has 1 aromatic heterocycles. The number of rotatable bonds is 5. The molecule has 0 radical (unpaired) electrons. The largest absolute Gasteiger partial charge is 0.357 e. The summed E-state index contributed by atoms with van der Waals surface area (Å²) in [5.74, 6) is 1.72. The van der Waals surface area contributed by atoms with E-state index < -0.39 is 0 Å². The minimum atomic E-state index is 0. The molecule has 114 valence electrons. The van der Waals surface area contributed by atoms with Gasteiger partial charge < -0.3 is 10.6 Å². The summed E-state index contributed by atoms with van der Waals surface area (Å²) >= 11 is 0. The van der Waals surface area contributed by atoms with E-state index in [9.17, 15) is 0 Å². The normalized spacial score (nSPS) is 19.1. The van der Waals surface area contributed by atoms with Crippen LogP contribution < -0.4 is 10.6 Å². The van der Waals surface area contributed by atoms with Crippen molar-refractivity contribution in [1.29, 1.82) is 0 Å². The SMILES string of the molecule is CC(C)N(C)c1ccc(CN2CCC(CN)C2)cn1.Cl. The second-order valence-corrected chi connectivity index (χ2v) is 5.85. The lowest BCUT2D eigenvalue weighted by Crippen LogP contribution is -2.26. The number of pyridine rings is 1. The van der Waals surface area contributed by atoms with Crippen molar-refractivity contribution in [3.8, 4) is 0 Å². The summed E-state index contributed by atoms with van der Waals surface area (Å²) < 4.78 is 0. The minimum absolute atomic E-state index is 0. The fraction of sp³-hybridized carbons (Fsp3) is 0.667. The average Bonchev–Trinajstić information content (AvgIpc) is 2.86. The second-order valence-electron chi connectivity index (χ2n) is 5.85. The minimum Gasteiger partial charge on any atom is -0.357 e. The number of anilines is 1. The quantitative estimate of drug-likeness (QED) is 0.904. The van der Waals surface area contributed by atoms with Crippen LogP contribution in [-0.2, 0) is 6.54 Å². The van der Waals surface area contributed by atoms with E-state index in [1.54, 1.807) is 0 Å². The van der Waals surface area contributed by atoms with Crippen LogP contribution in [0.5, 0.6) is 0 Å². The summed E-state index contributed by atoms with van der Waals surface area (Å²) in [7, 11) is 2.08. The van der Waals surface area contributed by atoms with Gasteiger partial charge in [0.25, 0.3) is 0 Å². The van der Waals surface area contributed by atoms with Crippen molar-refractivity contribution < 1.29 is 0 Å². The number of nitrogens with two attached hydrogens (primary N) is 1. The van der Waals surface area contributed by atoms with Crippen LogP contribution in [0.3, 0.4) is 0 Å². The fourth-order valence-corrected chi connectivity index (χ4v) is 2.49. The average molecular weight is 299 g/mol. The first-order chi connectivity index (χ1) is 9.10. The van der Waals surface area contributed by atoms with Gasteiger partial charge in [-0.15, -0.1) is 12.4 Å². The van der Waals surface area contributed by atoms with Crippen LogP contribution in [0.15, 0.2) is 18.3 Å². The van der Waals surface area contributed by atoms with E-state index in [2.05, 4.69) is 47.8 Å². The van der Waals surface area contributed by atoms with Crippen LogP contribution in [0.4, 0.5) is 5.82 Å². The molecule has 1 fully saturated rings. The smallest absolute Gasteiger partial charge is 0.128 e. The molecule has 0 amide bonds. The first-order valence-electron chi connectivity index (χ1n) is 7.20. The summed E-state index contributed by atoms with van der Waals surface area (Å²) in [5, 5.41) is 0. The molecule has 4 nitrogen and oxygen atoms in total. The Kier molecular flexibility index (Phi) is 6.72. The number of hydrogen-bond donors (Lipinski definition) is 1. The molecule has 1 atom stereocenters. The van der Waals surface area contributed by atoms with Gasteiger partial charge in [0.1, 0.15) is 5.82 Å². The van der Waals surface area contributed by atoms with Crippen LogP contribution in [0.1, 0.15) is 25.8 Å². The molecule has 1 aliphatic heterocycles. The Morgan fingerprint density at radius 2 is 2.20 bits per heavy atom. The van der Waals surface area contributed by atoms with Crippen molar-refractivity contribution in [1.82, 2.24) is 9.88 Å². The molecule has 0 bridgehead atoms. The van der Waals surface area contributed by atoms with E-state index in [0.717, 1.165) is 32.0 Å². The van der Waals surface area contributed by atoms with Gasteiger partial charge >= 0.3 is 0 Å². The molecule has 2 N–H and O–H groups in total. The highest BCUT2D eigenvalue weighted by molar-refractivity contribution is 5.85. The van der Waals surface area contributed by atoms with Crippen molar-refractivity contribution in [2.75, 3.05) is 31.6 Å². The summed E-state index contributed by atoms with van der Waals surface area (Å²) in [6.45, 7) is 8.45. The lowest BCUT2D eigenvalue weighted by atomic mass is 10.1. The Bertz CT molecular complexity index is 393. The molecule has 0 saturated carbocycles. The maximum atomic E-state index is 5.73. The van der Waals surface area contributed by atoms with Gasteiger partial charge in [-0.25, -0.2) is 4.98 Å². The zero-order valence-electron chi connectivity index (χ0n) is 12.7. The van der Waals surface area contributed by atoms with Crippen LogP contribution >= 0.6 is 12.4 Å². The van der Waals surface area contributed by atoms with E-state index in [0.29, 0.717) is 12.0 Å². The van der Waals surface area contributed by atoms with Crippen molar-refractivity contribution in [2.45, 2.75) is 32.9 Å². The zero-order valence-corrected chi connectivity index (χ0v) is 13.6. The molecule has 0 aromatic carbocycles. The molecular formula is C15H27ClN4. The maximum absolute atomic E-state index is 5.73. The Morgan fingerprint density at radius 3 is 2.70 bits per heavy atom. The number of halogens is 1. The Morgan fingerprint density at radius 1 is 1.45 bits per heavy atom. The highest BCUT2D eigenvalue weighted by Gasteiger charge is 2.21. The van der Waals surface area contributed by atoms with Gasteiger partial charge in [0.15, 0.2) is 0 Å². The monoisotopic (exact) mass is 298 g/mol. The predicted molar refractivity (Wildman–Crippen MR) is 87.5 cm³/mol. The first kappa shape index (κ1) is 17.2. The van der Waals surface area contributed by atoms with E-state index in [1.165, 1.54) is 12.0 Å². The van der Waals surface area contributed by atoms with E-state index in [-0.39, 0.29) is 12.4 Å². The van der Waals surface area contributed by atoms with Crippen molar-refractivity contribution in [3.63, 3.8) is 0 Å². The van der Waals surface area contributed by atoms with Gasteiger partial charge in [0.05, 0.1) is 0 Å². The molecule has 2 heterocycles. The first-order valence-corrected chi connectivity index (χ1v) is 7.20. The molecule has 1 saturated heterocycles. The van der Waals surface area contributed by atoms with E-state index >= 15 is 0 Å². The van der Waals surface area contributed by atoms with Crippen LogP contribution in [-0.4, -0.2) is 42.6 Å². The van der Waals surface area contributed by atoms with Gasteiger partial charge in [0, 0.05) is 32.4 Å². The van der Waals surface area contributed by atoms with Gasteiger partial charge in [0.2, 0.25) is 0 Å². The number of hydrogen-bond acceptors (Lipinski definition) is 4. The van der Waals surface area contributed by atoms with Crippen molar-refractivity contribution in [2.24, 2.45) is 11.7 Å². The summed E-state index contributed by atoms with van der Waals surface area (Å²) in [4.78, 5) is 9.21. The number of likely N-dealkylation sites (tertiary alicyclic amines) is 1. The molecular weight excluding hydrogens is 272 g/mol. The molecule has 0 aliphatic carbocycles. The number of aromatic nitrogens is 1. The standard InChI is InChI=1S/C15H26N4.ClH/c1-12(2)18(3)15-5-4-14(9-17-15)11-19-7-6-13(8-16)10-19;/h4-5,9,12-13H,6-8,10-11,16H2,1-3H3;1H. The van der Waals surface area contributed by atoms with Crippen LogP contribution in [0.25, 0.3) is 0 Å². The van der Waals surface area contributed by atoms with Gasteiger partial charge in [-0.05, 0) is 50.9 Å². The lowest BCUT2D eigenvalue weighted by molar-refractivity contribution is 0.317. The molecule has 20 heavy (non-hydrogen) atoms. The van der Waals surface area contributed by atoms with Crippen molar-refractivity contribution in [3.05, 3.63) is 23.9 Å². The summed E-state index contributed by atoms with van der Waals surface area (Å²) in [6.07, 6.45) is 3.24. The summed E-state index contributed by atoms with van der Waals surface area (Å²) in [6, 6.07) is 4.78. The molecule has 0 spiro atoms. The highest BCUT2D eigenvalue weighted by atomic mass is 35.5. The van der Waals surface area contributed by atoms with Crippen LogP contribution in [0, 0.1) is 5.92 Å². The molecule has 1 aliphatic rings. The lowest BCUT2D eigenvalue weighted by Gasteiger charge is -2.23. The van der Waals surface area contributed by atoms with Crippen LogP contribution in [0.2, 0.25) is 0 Å². The predicted octanol–water partition coefficient (Wildman–Crippen LogP) is 2.13. The van der Waals surface area contributed by atoms with Gasteiger partial charge in [-0.2, -0.15) is 0 Å². The zero-order chi connectivity index (χ0) is 13.8. The third-order valence-corrected chi connectivity index (χ3v) is 4.05. The van der Waals surface area contributed by atoms with E-state index in [1.807, 2.05) is 6.20 Å².